The number of aliphatic hydroxyl groups is 1. The van der Waals surface area contributed by atoms with Gasteiger partial charge in [-0.2, -0.15) is 0 Å². The summed E-state index contributed by atoms with van der Waals surface area (Å²) in [6, 6.07) is 8.78. The Morgan fingerprint density at radius 1 is 1.23 bits per heavy atom. The first-order valence-corrected chi connectivity index (χ1v) is 11.3. The van der Waals surface area contributed by atoms with Crippen LogP contribution >= 0.6 is 0 Å². The van der Waals surface area contributed by atoms with Crippen molar-refractivity contribution in [2.45, 2.75) is 50.7 Å². The van der Waals surface area contributed by atoms with E-state index in [9.17, 15) is 9.90 Å². The maximum absolute atomic E-state index is 12.7. The summed E-state index contributed by atoms with van der Waals surface area (Å²) in [4.78, 5) is 17.0. The number of nitrogens with zero attached hydrogens (tertiary/aromatic N) is 2. The van der Waals surface area contributed by atoms with E-state index in [2.05, 4.69) is 58.9 Å². The van der Waals surface area contributed by atoms with E-state index in [1.807, 2.05) is 4.90 Å². The maximum atomic E-state index is 12.7. The molecule has 0 radical (unpaired) electrons. The van der Waals surface area contributed by atoms with Crippen LogP contribution in [0.25, 0.3) is 5.70 Å². The summed E-state index contributed by atoms with van der Waals surface area (Å²) in [5, 5.41) is 14.4. The lowest BCUT2D eigenvalue weighted by Gasteiger charge is -2.36. The molecular formula is C25H31N3O2. The number of nitrogens with one attached hydrogen (secondary N) is 1. The number of hydrogen-bond donors (Lipinski definition) is 2. The summed E-state index contributed by atoms with van der Waals surface area (Å²) in [6.07, 6.45) is 13.2. The molecule has 3 heterocycles. The molecule has 5 nitrogen and oxygen atoms in total. The number of fused-ring (bicyclic) bond motifs is 3. The molecule has 1 aromatic carbocycles. The van der Waals surface area contributed by atoms with Crippen molar-refractivity contribution in [2.75, 3.05) is 19.8 Å². The van der Waals surface area contributed by atoms with E-state index < -0.39 is 0 Å². The number of likely N-dealkylation sites (tertiary alicyclic amines) is 1. The highest BCUT2D eigenvalue weighted by atomic mass is 16.3. The van der Waals surface area contributed by atoms with Crippen LogP contribution in [0.2, 0.25) is 0 Å². The van der Waals surface area contributed by atoms with E-state index in [-0.39, 0.29) is 24.0 Å². The first-order chi connectivity index (χ1) is 14.7. The summed E-state index contributed by atoms with van der Waals surface area (Å²) < 4.78 is 0. The van der Waals surface area contributed by atoms with Crippen LogP contribution in [0, 0.1) is 5.92 Å². The zero-order valence-electron chi connectivity index (χ0n) is 17.5. The van der Waals surface area contributed by atoms with Gasteiger partial charge in [0.2, 0.25) is 5.91 Å². The predicted molar refractivity (Wildman–Crippen MR) is 118 cm³/mol. The molecular weight excluding hydrogens is 374 g/mol. The number of hydrogen-bond acceptors (Lipinski definition) is 4. The van der Waals surface area contributed by atoms with Crippen molar-refractivity contribution in [3.8, 4) is 0 Å². The molecule has 4 aliphatic rings. The lowest BCUT2D eigenvalue weighted by atomic mass is 9.86. The SMILES string of the molecule is O=C(CC1=CC=CCC1)N1CCC([C@@H](O)C[C@@H]2c3ccccc3C3=CNCN32)CC1. The van der Waals surface area contributed by atoms with E-state index in [1.165, 1.54) is 22.4 Å². The van der Waals surface area contributed by atoms with Crippen molar-refractivity contribution in [2.24, 2.45) is 5.92 Å². The topological polar surface area (TPSA) is 55.8 Å². The largest absolute Gasteiger partial charge is 0.393 e. The van der Waals surface area contributed by atoms with E-state index in [0.717, 1.165) is 51.9 Å². The van der Waals surface area contributed by atoms with Gasteiger partial charge in [-0.25, -0.2) is 0 Å². The second kappa shape index (κ2) is 8.31. The highest BCUT2D eigenvalue weighted by molar-refractivity contribution is 5.79. The van der Waals surface area contributed by atoms with Gasteiger partial charge < -0.3 is 20.2 Å². The van der Waals surface area contributed by atoms with Gasteiger partial charge in [-0.15, -0.1) is 0 Å². The average molecular weight is 406 g/mol. The van der Waals surface area contributed by atoms with E-state index in [1.54, 1.807) is 0 Å². The number of aliphatic hydroxyl groups excluding tert-OH is 1. The minimum Gasteiger partial charge on any atom is -0.393 e. The van der Waals surface area contributed by atoms with Crippen molar-refractivity contribution in [1.29, 1.82) is 0 Å². The van der Waals surface area contributed by atoms with Gasteiger partial charge in [0, 0.05) is 31.3 Å². The first kappa shape index (κ1) is 19.4. The zero-order chi connectivity index (χ0) is 20.5. The Hall–Kier alpha value is -2.53. The fourth-order valence-electron chi connectivity index (χ4n) is 5.42. The van der Waals surface area contributed by atoms with Gasteiger partial charge in [0.15, 0.2) is 0 Å². The van der Waals surface area contributed by atoms with Crippen LogP contribution in [0.5, 0.6) is 0 Å². The van der Waals surface area contributed by atoms with Gasteiger partial charge in [-0.05, 0) is 43.6 Å². The molecule has 0 spiro atoms. The van der Waals surface area contributed by atoms with Crippen LogP contribution in [0.1, 0.15) is 55.7 Å². The Morgan fingerprint density at radius 2 is 2.07 bits per heavy atom. The molecule has 0 aromatic heterocycles. The summed E-state index contributed by atoms with van der Waals surface area (Å²) in [6.45, 7) is 2.34. The molecule has 1 aliphatic carbocycles. The third-order valence-corrected chi connectivity index (χ3v) is 7.16. The van der Waals surface area contributed by atoms with Crippen molar-refractivity contribution in [3.05, 3.63) is 65.4 Å². The molecule has 30 heavy (non-hydrogen) atoms. The van der Waals surface area contributed by atoms with Crippen molar-refractivity contribution in [3.63, 3.8) is 0 Å². The fraction of sp³-hybridized carbons (Fsp3) is 0.480. The Bertz CT molecular complexity index is 895. The molecule has 3 aliphatic heterocycles. The lowest BCUT2D eigenvalue weighted by molar-refractivity contribution is -0.132. The normalized spacial score (nSPS) is 24.1. The highest BCUT2D eigenvalue weighted by Gasteiger charge is 2.38. The molecule has 2 atom stereocenters. The fourth-order valence-corrected chi connectivity index (χ4v) is 5.42. The van der Waals surface area contributed by atoms with E-state index >= 15 is 0 Å². The number of piperidine rings is 1. The van der Waals surface area contributed by atoms with Gasteiger partial charge in [0.05, 0.1) is 24.5 Å². The zero-order valence-corrected chi connectivity index (χ0v) is 17.5. The van der Waals surface area contributed by atoms with Gasteiger partial charge >= 0.3 is 0 Å². The second-order valence-electron chi connectivity index (χ2n) is 8.95. The van der Waals surface area contributed by atoms with Crippen LogP contribution in [-0.2, 0) is 4.79 Å². The number of carbonyl (C=O) groups excluding carboxylic acids is 1. The molecule has 5 rings (SSSR count). The smallest absolute Gasteiger partial charge is 0.226 e. The van der Waals surface area contributed by atoms with Crippen molar-refractivity contribution < 1.29 is 9.90 Å². The molecule has 2 N–H and O–H groups in total. The minimum atomic E-state index is -0.341. The number of carbonyl (C=O) groups is 1. The van der Waals surface area contributed by atoms with Crippen LogP contribution in [0.4, 0.5) is 0 Å². The van der Waals surface area contributed by atoms with Crippen LogP contribution in [-0.4, -0.2) is 46.7 Å². The second-order valence-corrected chi connectivity index (χ2v) is 8.95. The van der Waals surface area contributed by atoms with Crippen LogP contribution in [0.15, 0.2) is 54.3 Å². The summed E-state index contributed by atoms with van der Waals surface area (Å²) in [5.41, 5.74) is 5.10. The maximum Gasteiger partial charge on any atom is 0.226 e. The predicted octanol–water partition coefficient (Wildman–Crippen LogP) is 3.56. The van der Waals surface area contributed by atoms with Crippen LogP contribution < -0.4 is 5.32 Å². The van der Waals surface area contributed by atoms with Crippen molar-refractivity contribution >= 4 is 11.6 Å². The Balaban J connectivity index is 1.17. The van der Waals surface area contributed by atoms with Gasteiger partial charge in [0.1, 0.15) is 0 Å². The Labute approximate surface area is 178 Å². The third-order valence-electron chi connectivity index (χ3n) is 7.16. The molecule has 0 saturated carbocycles. The molecule has 0 bridgehead atoms. The first-order valence-electron chi connectivity index (χ1n) is 11.3. The van der Waals surface area contributed by atoms with Gasteiger partial charge in [0.25, 0.3) is 0 Å². The van der Waals surface area contributed by atoms with E-state index in [0.29, 0.717) is 6.42 Å². The third kappa shape index (κ3) is 3.67. The number of amides is 1. The highest BCUT2D eigenvalue weighted by Crippen LogP contribution is 2.45. The lowest BCUT2D eigenvalue weighted by Crippen LogP contribution is -2.42. The Morgan fingerprint density at radius 3 is 2.87 bits per heavy atom. The molecule has 0 unspecified atom stereocenters. The minimum absolute atomic E-state index is 0.225. The summed E-state index contributed by atoms with van der Waals surface area (Å²) >= 11 is 0. The molecule has 1 amide bonds. The number of rotatable bonds is 5. The molecule has 1 fully saturated rings. The Kier molecular flexibility index (Phi) is 5.38. The van der Waals surface area contributed by atoms with Crippen LogP contribution in [0.3, 0.4) is 0 Å². The molecule has 5 heteroatoms. The van der Waals surface area contributed by atoms with Gasteiger partial charge in [-0.3, -0.25) is 4.79 Å². The van der Waals surface area contributed by atoms with Gasteiger partial charge in [-0.1, -0.05) is 48.1 Å². The van der Waals surface area contributed by atoms with Crippen molar-refractivity contribution in [1.82, 2.24) is 15.1 Å². The average Bonchev–Trinajstić information content (AvgIpc) is 3.37. The van der Waals surface area contributed by atoms with E-state index in [4.69, 9.17) is 0 Å². The molecule has 158 valence electrons. The quantitative estimate of drug-likeness (QED) is 0.787. The monoisotopic (exact) mass is 405 g/mol. The summed E-state index contributed by atoms with van der Waals surface area (Å²) in [7, 11) is 0. The number of allylic oxidation sites excluding steroid dienone is 3. The molecule has 1 saturated heterocycles. The standard InChI is InChI=1S/C25H31N3O2/c29-24(15-22-20-8-4-5-9-21(20)23-16-26-17-28(22)23)19-10-12-27(13-11-19)25(30)14-18-6-2-1-3-7-18/h1-2,4-6,8-9,16,19,22,24,26,29H,3,7,10-15,17H2/t22-,24+/m1/s1. The number of benzene rings is 1. The summed E-state index contributed by atoms with van der Waals surface area (Å²) in [5.74, 6) is 0.508. The molecule has 1 aromatic rings.